The second kappa shape index (κ2) is 5.90. The number of rotatable bonds is 5. The van der Waals surface area contributed by atoms with Crippen molar-refractivity contribution in [2.24, 2.45) is 0 Å². The van der Waals surface area contributed by atoms with Gasteiger partial charge >= 0.3 is 0 Å². The van der Waals surface area contributed by atoms with Crippen LogP contribution in [0.3, 0.4) is 0 Å². The molecule has 1 saturated heterocycles. The molecule has 96 valence electrons. The van der Waals surface area contributed by atoms with Gasteiger partial charge in [-0.1, -0.05) is 6.92 Å². The van der Waals surface area contributed by atoms with Crippen LogP contribution in [0.5, 0.6) is 0 Å². The van der Waals surface area contributed by atoms with Crippen molar-refractivity contribution in [1.82, 2.24) is 5.32 Å². The summed E-state index contributed by atoms with van der Waals surface area (Å²) in [6.45, 7) is 3.47. The highest BCUT2D eigenvalue weighted by atomic mass is 16.6. The van der Waals surface area contributed by atoms with Gasteiger partial charge in [-0.05, 0) is 13.3 Å². The van der Waals surface area contributed by atoms with E-state index in [-0.39, 0.29) is 12.6 Å². The van der Waals surface area contributed by atoms with Gasteiger partial charge in [0.15, 0.2) is 0 Å². The molecule has 6 nitrogen and oxygen atoms in total. The Bertz CT molecular complexity index is 215. The van der Waals surface area contributed by atoms with Gasteiger partial charge in [0.05, 0.1) is 6.61 Å². The Hall–Kier alpha value is -0.240. The van der Waals surface area contributed by atoms with Crippen LogP contribution >= 0.6 is 0 Å². The van der Waals surface area contributed by atoms with Crippen LogP contribution in [0.1, 0.15) is 20.3 Å². The molecular formula is C10H21NO5. The lowest BCUT2D eigenvalue weighted by Gasteiger charge is -2.24. The molecule has 16 heavy (non-hydrogen) atoms. The van der Waals surface area contributed by atoms with Crippen molar-refractivity contribution in [3.8, 4) is 0 Å². The van der Waals surface area contributed by atoms with E-state index in [1.165, 1.54) is 0 Å². The first kappa shape index (κ1) is 13.8. The maximum Gasteiger partial charge on any atom is 0.134 e. The molecule has 2 unspecified atom stereocenters. The van der Waals surface area contributed by atoms with Crippen LogP contribution in [0.2, 0.25) is 0 Å². The monoisotopic (exact) mass is 235 g/mol. The van der Waals surface area contributed by atoms with Gasteiger partial charge in [0, 0.05) is 6.04 Å². The zero-order chi connectivity index (χ0) is 12.3. The minimum absolute atomic E-state index is 0.0797. The summed E-state index contributed by atoms with van der Waals surface area (Å²) in [5.41, 5.74) is 0. The smallest absolute Gasteiger partial charge is 0.134 e. The highest BCUT2D eigenvalue weighted by Gasteiger charge is 2.45. The summed E-state index contributed by atoms with van der Waals surface area (Å²) >= 11 is 0. The summed E-state index contributed by atoms with van der Waals surface area (Å²) in [7, 11) is 0. The Labute approximate surface area is 94.9 Å². The fraction of sp³-hybridized carbons (Fsp3) is 1.00. The lowest BCUT2D eigenvalue weighted by Crippen LogP contribution is -2.49. The summed E-state index contributed by atoms with van der Waals surface area (Å²) in [5, 5.41) is 40.6. The van der Waals surface area contributed by atoms with Gasteiger partial charge in [-0.25, -0.2) is 0 Å². The van der Waals surface area contributed by atoms with Gasteiger partial charge in [-0.15, -0.1) is 0 Å². The molecule has 0 amide bonds. The minimum Gasteiger partial charge on any atom is -0.394 e. The van der Waals surface area contributed by atoms with Crippen LogP contribution < -0.4 is 5.32 Å². The fourth-order valence-electron chi connectivity index (χ4n) is 1.69. The Morgan fingerprint density at radius 2 is 1.94 bits per heavy atom. The Morgan fingerprint density at radius 1 is 1.31 bits per heavy atom. The standard InChI is InChI=1S/C10H21NO5/c1-3-5(2)11-10(15)9-8(14)7(13)6(4-12)16-9/h5-15H,3-4H2,1-2H3/t5?,6-,7-,8+,9+,10?/m1/s1. The fourth-order valence-corrected chi connectivity index (χ4v) is 1.69. The molecule has 0 aliphatic carbocycles. The number of aliphatic hydroxyl groups excluding tert-OH is 4. The van der Waals surface area contributed by atoms with Gasteiger partial charge < -0.3 is 25.2 Å². The largest absolute Gasteiger partial charge is 0.394 e. The van der Waals surface area contributed by atoms with E-state index >= 15 is 0 Å². The Kier molecular flexibility index (Phi) is 5.10. The SMILES string of the molecule is CCC(C)NC(O)[C@H]1O[C@H](CO)[C@@H](O)[C@@H]1O. The van der Waals surface area contributed by atoms with Crippen LogP contribution in [0, 0.1) is 0 Å². The third kappa shape index (κ3) is 2.91. The molecule has 1 fully saturated rings. The number of hydrogen-bond acceptors (Lipinski definition) is 6. The molecule has 1 aliphatic heterocycles. The number of hydrogen-bond donors (Lipinski definition) is 5. The van der Waals surface area contributed by atoms with Gasteiger partial charge in [0.25, 0.3) is 0 Å². The second-order valence-corrected chi connectivity index (χ2v) is 4.22. The number of aliphatic hydroxyl groups is 4. The molecule has 0 radical (unpaired) electrons. The quantitative estimate of drug-likeness (QED) is 0.359. The first-order chi connectivity index (χ1) is 7.51. The Balaban J connectivity index is 2.54. The zero-order valence-corrected chi connectivity index (χ0v) is 9.58. The molecule has 1 aliphatic rings. The highest BCUT2D eigenvalue weighted by Crippen LogP contribution is 2.23. The molecule has 0 aromatic carbocycles. The summed E-state index contributed by atoms with van der Waals surface area (Å²) in [5.74, 6) is 0. The van der Waals surface area contributed by atoms with Crippen molar-refractivity contribution in [2.75, 3.05) is 6.61 Å². The molecule has 0 spiro atoms. The lowest BCUT2D eigenvalue weighted by atomic mass is 10.1. The van der Waals surface area contributed by atoms with E-state index in [2.05, 4.69) is 5.32 Å². The van der Waals surface area contributed by atoms with Crippen LogP contribution in [0.15, 0.2) is 0 Å². The second-order valence-electron chi connectivity index (χ2n) is 4.22. The molecule has 6 heteroatoms. The topological polar surface area (TPSA) is 102 Å². The molecular weight excluding hydrogens is 214 g/mol. The summed E-state index contributed by atoms with van der Waals surface area (Å²) in [4.78, 5) is 0. The summed E-state index contributed by atoms with van der Waals surface area (Å²) in [6.07, 6.45) is -4.34. The van der Waals surface area contributed by atoms with E-state index < -0.39 is 30.6 Å². The van der Waals surface area contributed by atoms with Crippen LogP contribution in [0.4, 0.5) is 0 Å². The third-order valence-corrected chi connectivity index (χ3v) is 2.96. The molecule has 0 aromatic heterocycles. The first-order valence-electron chi connectivity index (χ1n) is 5.57. The maximum atomic E-state index is 9.76. The highest BCUT2D eigenvalue weighted by molar-refractivity contribution is 4.93. The van der Waals surface area contributed by atoms with E-state index in [0.29, 0.717) is 0 Å². The van der Waals surface area contributed by atoms with Crippen LogP contribution in [0.25, 0.3) is 0 Å². The van der Waals surface area contributed by atoms with Crippen molar-refractivity contribution >= 4 is 0 Å². The van der Waals surface area contributed by atoms with Crippen molar-refractivity contribution in [1.29, 1.82) is 0 Å². The first-order valence-corrected chi connectivity index (χ1v) is 5.57. The van der Waals surface area contributed by atoms with Crippen molar-refractivity contribution in [2.45, 2.75) is 57.0 Å². The van der Waals surface area contributed by atoms with Gasteiger partial charge in [0.2, 0.25) is 0 Å². The van der Waals surface area contributed by atoms with Crippen LogP contribution in [-0.4, -0.2) is 63.7 Å². The molecule has 0 saturated carbocycles. The molecule has 1 rings (SSSR count). The van der Waals surface area contributed by atoms with E-state index in [9.17, 15) is 15.3 Å². The molecule has 6 atom stereocenters. The van der Waals surface area contributed by atoms with Gasteiger partial charge in [-0.3, -0.25) is 5.32 Å². The van der Waals surface area contributed by atoms with E-state index in [4.69, 9.17) is 9.84 Å². The molecule has 1 heterocycles. The zero-order valence-electron chi connectivity index (χ0n) is 9.58. The normalized spacial score (nSPS) is 38.6. The van der Waals surface area contributed by atoms with Gasteiger partial charge in [0.1, 0.15) is 30.6 Å². The average Bonchev–Trinajstić information content (AvgIpc) is 2.55. The minimum atomic E-state index is -1.19. The lowest BCUT2D eigenvalue weighted by molar-refractivity contribution is -0.0879. The van der Waals surface area contributed by atoms with Crippen molar-refractivity contribution < 1.29 is 25.2 Å². The average molecular weight is 235 g/mol. The van der Waals surface area contributed by atoms with Crippen molar-refractivity contribution in [3.05, 3.63) is 0 Å². The third-order valence-electron chi connectivity index (χ3n) is 2.96. The predicted octanol–water partition coefficient (Wildman–Crippen LogP) is -1.83. The van der Waals surface area contributed by atoms with E-state index in [0.717, 1.165) is 6.42 Å². The predicted molar refractivity (Wildman–Crippen MR) is 56.7 cm³/mol. The maximum absolute atomic E-state index is 9.76. The molecule has 0 bridgehead atoms. The van der Waals surface area contributed by atoms with E-state index in [1.54, 1.807) is 0 Å². The Morgan fingerprint density at radius 3 is 2.38 bits per heavy atom. The summed E-state index contributed by atoms with van der Waals surface area (Å²) < 4.78 is 5.18. The van der Waals surface area contributed by atoms with Crippen molar-refractivity contribution in [3.63, 3.8) is 0 Å². The number of nitrogens with one attached hydrogen (secondary N) is 1. The number of ether oxygens (including phenoxy) is 1. The summed E-state index contributed by atoms with van der Waals surface area (Å²) in [6, 6.07) is 0.0797. The van der Waals surface area contributed by atoms with Gasteiger partial charge in [-0.2, -0.15) is 0 Å². The molecule has 5 N–H and O–H groups in total. The molecule has 0 aromatic rings. The van der Waals surface area contributed by atoms with Crippen LogP contribution in [-0.2, 0) is 4.74 Å². The van der Waals surface area contributed by atoms with E-state index in [1.807, 2.05) is 13.8 Å².